The number of nitrogens with zero attached hydrogens (tertiary/aromatic N) is 7. The van der Waals surface area contributed by atoms with Crippen molar-refractivity contribution in [1.82, 2.24) is 15.0 Å². The third-order valence-electron chi connectivity index (χ3n) is 7.15. The fraction of sp³-hybridized carbons (Fsp3) is 0.125. The molecule has 0 atom stereocenters. The summed E-state index contributed by atoms with van der Waals surface area (Å²) in [5, 5.41) is 36.7. The predicted octanol–water partition coefficient (Wildman–Crippen LogP) is 6.24. The Morgan fingerprint density at radius 2 is 1.23 bits per heavy atom. The smallest absolute Gasteiger partial charge is 0.294 e. The number of azo groups is 2. The lowest BCUT2D eigenvalue weighted by molar-refractivity contribution is -0.432. The molecule has 5 aromatic rings. The Balaban J connectivity index is 1.44. The van der Waals surface area contributed by atoms with Gasteiger partial charge in [0, 0.05) is 23.1 Å². The molecule has 60 heavy (non-hydrogen) atoms. The van der Waals surface area contributed by atoms with Crippen LogP contribution < -0.4 is 20.7 Å². The predicted molar refractivity (Wildman–Crippen MR) is 213 cm³/mol. The molecular weight excluding hydrogens is 877 g/mol. The minimum Gasteiger partial charge on any atom is -0.490 e. The van der Waals surface area contributed by atoms with E-state index < -0.39 is 53.4 Å². The Bertz CT molecular complexity index is 2740. The quantitative estimate of drug-likeness (QED) is 0.0107. The van der Waals surface area contributed by atoms with Crippen LogP contribution in [0.2, 0.25) is 0 Å². The molecule has 28 heteroatoms. The second-order valence-electron chi connectivity index (χ2n) is 11.6. The molecule has 24 nitrogen and oxygen atoms in total. The summed E-state index contributed by atoms with van der Waals surface area (Å²) in [6, 6.07) is 20.1. The van der Waals surface area contributed by atoms with Crippen molar-refractivity contribution in [3.63, 3.8) is 0 Å². The SMILES string of the molecule is O=Cc1cc(N=Nc2cccc(S(=O)(=O)O)c2)ccc1Nc1nc(NCCS(=O)(=O)O)nc(Nc2ccc(N=Nc3cccc(SOOO)c3)cc2OCCS(=O)(=O)O)n1. The molecule has 7 N–H and O–H groups in total. The first-order valence-corrected chi connectivity index (χ1v) is 21.8. The van der Waals surface area contributed by atoms with Gasteiger partial charge >= 0.3 is 0 Å². The van der Waals surface area contributed by atoms with E-state index in [1.54, 1.807) is 24.3 Å². The summed E-state index contributed by atoms with van der Waals surface area (Å²) in [4.78, 5) is 25.0. The number of rotatable bonds is 21. The van der Waals surface area contributed by atoms with Crippen LogP contribution in [0.4, 0.5) is 52.0 Å². The summed E-state index contributed by atoms with van der Waals surface area (Å²) in [7, 11) is -13.3. The highest BCUT2D eigenvalue weighted by Crippen LogP contribution is 2.34. The van der Waals surface area contributed by atoms with Gasteiger partial charge in [-0.15, -0.1) is 4.33 Å². The van der Waals surface area contributed by atoms with E-state index in [1.165, 1.54) is 54.6 Å². The maximum atomic E-state index is 12.1. The summed E-state index contributed by atoms with van der Waals surface area (Å²) in [5.41, 5.74) is 1.18. The minimum absolute atomic E-state index is 0.0126. The zero-order valence-electron chi connectivity index (χ0n) is 30.1. The number of hydrogen-bond donors (Lipinski definition) is 7. The highest BCUT2D eigenvalue weighted by Gasteiger charge is 2.15. The van der Waals surface area contributed by atoms with Gasteiger partial charge < -0.3 is 20.7 Å². The normalized spacial score (nSPS) is 12.1. The van der Waals surface area contributed by atoms with Gasteiger partial charge in [-0.25, -0.2) is 5.26 Å². The van der Waals surface area contributed by atoms with E-state index in [-0.39, 0.29) is 64.1 Å². The van der Waals surface area contributed by atoms with E-state index in [9.17, 15) is 43.7 Å². The van der Waals surface area contributed by atoms with Crippen molar-refractivity contribution in [2.24, 2.45) is 20.5 Å². The van der Waals surface area contributed by atoms with Gasteiger partial charge in [-0.3, -0.25) is 18.5 Å². The molecule has 5 rings (SSSR count). The van der Waals surface area contributed by atoms with Gasteiger partial charge in [-0.05, 0) is 66.7 Å². The molecule has 0 bridgehead atoms. The summed E-state index contributed by atoms with van der Waals surface area (Å²) in [6.07, 6.45) is 0.484. The van der Waals surface area contributed by atoms with Gasteiger partial charge in [0.1, 0.15) is 18.1 Å². The molecule has 4 aromatic carbocycles. The van der Waals surface area contributed by atoms with E-state index in [4.69, 9.17) is 9.99 Å². The summed E-state index contributed by atoms with van der Waals surface area (Å²) in [5.74, 6) is -2.11. The number of carbonyl (C=O) groups excluding carboxylic acids is 1. The maximum absolute atomic E-state index is 12.1. The maximum Gasteiger partial charge on any atom is 0.294 e. The largest absolute Gasteiger partial charge is 0.490 e. The van der Waals surface area contributed by atoms with Crippen molar-refractivity contribution < 1.29 is 63.1 Å². The van der Waals surface area contributed by atoms with E-state index >= 15 is 0 Å². The van der Waals surface area contributed by atoms with Crippen LogP contribution in [0, 0.1) is 0 Å². The highest BCUT2D eigenvalue weighted by atomic mass is 32.2. The van der Waals surface area contributed by atoms with Crippen LogP contribution in [0.25, 0.3) is 0 Å². The molecule has 0 amide bonds. The van der Waals surface area contributed by atoms with Crippen LogP contribution in [0.1, 0.15) is 10.4 Å². The van der Waals surface area contributed by atoms with Crippen LogP contribution in [-0.2, 0) is 39.7 Å². The van der Waals surface area contributed by atoms with Crippen molar-refractivity contribution in [2.75, 3.05) is 40.6 Å². The number of ether oxygens (including phenoxy) is 1. The van der Waals surface area contributed by atoms with Crippen LogP contribution in [0.3, 0.4) is 0 Å². The Labute approximate surface area is 344 Å². The van der Waals surface area contributed by atoms with Crippen molar-refractivity contribution in [2.45, 2.75) is 9.79 Å². The monoisotopic (exact) mass is 906 g/mol. The van der Waals surface area contributed by atoms with Crippen LogP contribution in [0.5, 0.6) is 5.75 Å². The third kappa shape index (κ3) is 14.6. The second-order valence-corrected chi connectivity index (χ2v) is 16.9. The van der Waals surface area contributed by atoms with E-state index in [0.29, 0.717) is 28.9 Å². The van der Waals surface area contributed by atoms with Gasteiger partial charge in [0.2, 0.25) is 17.8 Å². The second kappa shape index (κ2) is 20.3. The molecule has 1 aromatic heterocycles. The summed E-state index contributed by atoms with van der Waals surface area (Å²) < 4.78 is 106. The number of carbonyl (C=O) groups is 1. The molecule has 0 aliphatic carbocycles. The lowest BCUT2D eigenvalue weighted by atomic mass is 10.2. The first-order valence-electron chi connectivity index (χ1n) is 16.4. The van der Waals surface area contributed by atoms with E-state index in [2.05, 4.69) is 60.7 Å². The van der Waals surface area contributed by atoms with Crippen LogP contribution in [-0.4, -0.2) is 90.1 Å². The molecule has 0 fully saturated rings. The molecule has 1 heterocycles. The molecule has 0 spiro atoms. The molecule has 0 aliphatic rings. The summed E-state index contributed by atoms with van der Waals surface area (Å²) >= 11 is 0.706. The fourth-order valence-corrected chi connectivity index (χ4v) is 6.15. The Kier molecular flexibility index (Phi) is 15.2. The number of aromatic nitrogens is 3. The van der Waals surface area contributed by atoms with Crippen molar-refractivity contribution >= 4 is 101 Å². The van der Waals surface area contributed by atoms with Gasteiger partial charge in [-0.1, -0.05) is 17.2 Å². The van der Waals surface area contributed by atoms with Crippen molar-refractivity contribution in [3.8, 4) is 5.75 Å². The van der Waals surface area contributed by atoms with Gasteiger partial charge in [0.25, 0.3) is 30.4 Å². The number of benzene rings is 4. The molecule has 0 saturated carbocycles. The zero-order valence-corrected chi connectivity index (χ0v) is 33.4. The third-order valence-corrected chi connectivity index (χ3v) is 9.98. The summed E-state index contributed by atoms with van der Waals surface area (Å²) in [6.45, 7) is -0.852. The zero-order chi connectivity index (χ0) is 43.3. The molecular formula is C32H30N10O14S4. The average molecular weight is 907 g/mol. The minimum atomic E-state index is -4.49. The number of nitrogens with one attached hydrogen (secondary N) is 3. The highest BCUT2D eigenvalue weighted by molar-refractivity contribution is 7.94. The van der Waals surface area contributed by atoms with Gasteiger partial charge in [-0.2, -0.15) is 60.7 Å². The average Bonchev–Trinajstić information content (AvgIpc) is 3.18. The lowest BCUT2D eigenvalue weighted by Gasteiger charge is -2.15. The van der Waals surface area contributed by atoms with E-state index in [0.717, 1.165) is 6.07 Å². The van der Waals surface area contributed by atoms with Crippen molar-refractivity contribution in [1.29, 1.82) is 0 Å². The first-order chi connectivity index (χ1) is 28.5. The molecule has 0 saturated heterocycles. The molecule has 0 aliphatic heterocycles. The standard InChI is InChI=1S/C32H30N10O14S4/c43-19-20-15-23(41-40-22-4-2-6-26(17-22)60(51,52)53)7-9-27(20)34-31-36-30(33-11-13-58(45,46)47)37-32(38-31)35-28-10-8-24(18-29(28)54-12-14-59(48,49)50)42-39-21-3-1-5-25(16-21)57-56-55-44/h1-10,15-19,44H,11-14H2,(H,45,46,47)(H,48,49,50)(H,51,52,53)(H3,33,34,35,36,37,38). The first kappa shape index (κ1) is 45.0. The van der Waals surface area contributed by atoms with Gasteiger partial charge in [0.15, 0.2) is 6.29 Å². The lowest BCUT2D eigenvalue weighted by Crippen LogP contribution is -2.17. The van der Waals surface area contributed by atoms with Crippen LogP contribution in [0.15, 0.2) is 115 Å². The Morgan fingerprint density at radius 3 is 1.85 bits per heavy atom. The number of aldehydes is 1. The topological polar surface area (TPSA) is 352 Å². The van der Waals surface area contributed by atoms with Gasteiger partial charge in [0.05, 0.1) is 56.8 Å². The number of anilines is 5. The number of hydrogen-bond acceptors (Lipinski definition) is 22. The van der Waals surface area contributed by atoms with Crippen molar-refractivity contribution in [3.05, 3.63) is 90.5 Å². The fourth-order valence-electron chi connectivity index (χ4n) is 4.57. The van der Waals surface area contributed by atoms with E-state index in [1.807, 2.05) is 0 Å². The molecule has 0 unspecified atom stereocenters. The Morgan fingerprint density at radius 1 is 0.667 bits per heavy atom. The molecule has 0 radical (unpaired) electrons. The molecule has 316 valence electrons. The Hall–Kier alpha value is -6.08. The van der Waals surface area contributed by atoms with Crippen LogP contribution >= 0.6 is 12.0 Å².